The SMILES string of the molecule is Cc1ccc(C(=O)c2cc(Br)ccc2Cl)cc1.Cc1ccc(Cc2cc([C@@H]3O[C@H](CO)[C@@H](O)[C@H](O)[C@H]3O)ccc2Cl)cc1. The zero-order chi connectivity index (χ0) is 31.3. The second kappa shape index (κ2) is 14.9. The van der Waals surface area contributed by atoms with E-state index < -0.39 is 37.1 Å². The molecule has 5 atom stereocenters. The van der Waals surface area contributed by atoms with Gasteiger partial charge in [-0.3, -0.25) is 4.79 Å². The zero-order valence-electron chi connectivity index (χ0n) is 23.6. The first-order chi connectivity index (χ1) is 20.5. The Morgan fingerprint density at radius 2 is 1.40 bits per heavy atom. The van der Waals surface area contributed by atoms with Gasteiger partial charge >= 0.3 is 0 Å². The Morgan fingerprint density at radius 1 is 0.791 bits per heavy atom. The highest BCUT2D eigenvalue weighted by Gasteiger charge is 2.44. The van der Waals surface area contributed by atoms with Gasteiger partial charge in [-0.1, -0.05) is 111 Å². The van der Waals surface area contributed by atoms with E-state index in [9.17, 15) is 25.2 Å². The van der Waals surface area contributed by atoms with E-state index in [4.69, 9.17) is 27.9 Å². The summed E-state index contributed by atoms with van der Waals surface area (Å²) in [4.78, 5) is 12.2. The number of benzene rings is 4. The van der Waals surface area contributed by atoms with Crippen molar-refractivity contribution < 1.29 is 30.0 Å². The quantitative estimate of drug-likeness (QED) is 0.175. The van der Waals surface area contributed by atoms with E-state index in [1.165, 1.54) is 5.56 Å². The van der Waals surface area contributed by atoms with Gasteiger partial charge in [0, 0.05) is 20.6 Å². The molecule has 0 bridgehead atoms. The van der Waals surface area contributed by atoms with Crippen LogP contribution in [0, 0.1) is 13.8 Å². The maximum absolute atomic E-state index is 12.2. The minimum atomic E-state index is -1.40. The third-order valence-electron chi connectivity index (χ3n) is 7.29. The average Bonchev–Trinajstić information content (AvgIpc) is 3.00. The molecule has 1 fully saturated rings. The number of ketones is 1. The number of aliphatic hydroxyl groups excluding tert-OH is 4. The van der Waals surface area contributed by atoms with Crippen molar-refractivity contribution in [2.75, 3.05) is 6.61 Å². The normalized spacial score (nSPS) is 21.6. The number of aryl methyl sites for hydroxylation is 2. The summed E-state index contributed by atoms with van der Waals surface area (Å²) >= 11 is 15.7. The fraction of sp³-hybridized carbons (Fsp3) is 0.265. The Bertz CT molecular complexity index is 1540. The third-order valence-corrected chi connectivity index (χ3v) is 8.48. The molecule has 43 heavy (non-hydrogen) atoms. The highest BCUT2D eigenvalue weighted by atomic mass is 79.9. The predicted molar refractivity (Wildman–Crippen MR) is 172 cm³/mol. The second-order valence-corrected chi connectivity index (χ2v) is 12.3. The summed E-state index contributed by atoms with van der Waals surface area (Å²) in [6.45, 7) is 3.56. The molecule has 4 aromatic carbocycles. The van der Waals surface area contributed by atoms with E-state index in [0.29, 0.717) is 33.2 Å². The van der Waals surface area contributed by atoms with Crippen LogP contribution in [0.25, 0.3) is 0 Å². The first kappa shape index (κ1) is 33.3. The summed E-state index contributed by atoms with van der Waals surface area (Å²) in [5.41, 5.74) is 6.07. The first-order valence-electron chi connectivity index (χ1n) is 13.7. The van der Waals surface area contributed by atoms with Gasteiger partial charge in [-0.25, -0.2) is 0 Å². The van der Waals surface area contributed by atoms with Gasteiger partial charge in [-0.2, -0.15) is 0 Å². The van der Waals surface area contributed by atoms with E-state index in [1.54, 1.807) is 24.3 Å². The lowest BCUT2D eigenvalue weighted by Gasteiger charge is -2.40. The maximum atomic E-state index is 12.2. The Kier molecular flexibility index (Phi) is 11.6. The molecule has 1 heterocycles. The van der Waals surface area contributed by atoms with Crippen molar-refractivity contribution in [3.63, 3.8) is 0 Å². The number of hydrogen-bond donors (Lipinski definition) is 4. The lowest BCUT2D eigenvalue weighted by Crippen LogP contribution is -2.55. The van der Waals surface area contributed by atoms with Gasteiger partial charge in [0.25, 0.3) is 0 Å². The summed E-state index contributed by atoms with van der Waals surface area (Å²) in [6, 6.07) is 26.1. The van der Waals surface area contributed by atoms with Gasteiger partial charge in [0.1, 0.15) is 30.5 Å². The van der Waals surface area contributed by atoms with Crippen LogP contribution in [0.5, 0.6) is 0 Å². The molecule has 4 aromatic rings. The van der Waals surface area contributed by atoms with E-state index in [0.717, 1.165) is 21.2 Å². The Hall–Kier alpha value is -2.59. The molecule has 0 saturated carbocycles. The van der Waals surface area contributed by atoms with E-state index in [2.05, 4.69) is 15.9 Å². The second-order valence-electron chi connectivity index (χ2n) is 10.6. The number of carbonyl (C=O) groups excluding carboxylic acids is 1. The fourth-order valence-electron chi connectivity index (χ4n) is 4.74. The summed E-state index contributed by atoms with van der Waals surface area (Å²) in [6.07, 6.45) is -5.26. The van der Waals surface area contributed by atoms with Crippen LogP contribution in [0.15, 0.2) is 89.4 Å². The molecule has 0 amide bonds. The molecule has 1 saturated heterocycles. The summed E-state index contributed by atoms with van der Waals surface area (Å²) in [5.74, 6) is -0.0590. The van der Waals surface area contributed by atoms with Crippen molar-refractivity contribution >= 4 is 44.9 Å². The molecule has 9 heteroatoms. The van der Waals surface area contributed by atoms with Crippen LogP contribution in [0.2, 0.25) is 10.0 Å². The fourth-order valence-corrected chi connectivity index (χ4v) is 5.49. The zero-order valence-corrected chi connectivity index (χ0v) is 26.7. The number of ether oxygens (including phenoxy) is 1. The largest absolute Gasteiger partial charge is 0.394 e. The third kappa shape index (κ3) is 8.32. The van der Waals surface area contributed by atoms with Gasteiger partial charge < -0.3 is 25.2 Å². The molecular formula is C34H33BrCl2O6. The maximum Gasteiger partial charge on any atom is 0.194 e. The van der Waals surface area contributed by atoms with Crippen LogP contribution < -0.4 is 0 Å². The number of hydrogen-bond acceptors (Lipinski definition) is 6. The Balaban J connectivity index is 0.000000215. The van der Waals surface area contributed by atoms with Crippen molar-refractivity contribution in [2.24, 2.45) is 0 Å². The van der Waals surface area contributed by atoms with E-state index in [-0.39, 0.29) is 5.78 Å². The average molecular weight is 688 g/mol. The molecule has 6 nitrogen and oxygen atoms in total. The lowest BCUT2D eigenvalue weighted by molar-refractivity contribution is -0.231. The molecule has 226 valence electrons. The van der Waals surface area contributed by atoms with E-state index >= 15 is 0 Å². The Labute approximate surface area is 269 Å². The van der Waals surface area contributed by atoms with Crippen molar-refractivity contribution in [2.45, 2.75) is 50.8 Å². The van der Waals surface area contributed by atoms with Gasteiger partial charge in [-0.15, -0.1) is 0 Å². The smallest absolute Gasteiger partial charge is 0.194 e. The molecular weight excluding hydrogens is 655 g/mol. The number of halogens is 3. The van der Waals surface area contributed by atoms with Crippen molar-refractivity contribution in [1.29, 1.82) is 0 Å². The van der Waals surface area contributed by atoms with Crippen LogP contribution in [-0.2, 0) is 11.2 Å². The number of rotatable bonds is 6. The minimum absolute atomic E-state index is 0.0590. The summed E-state index contributed by atoms with van der Waals surface area (Å²) in [5, 5.41) is 40.6. The van der Waals surface area contributed by atoms with Crippen LogP contribution in [0.4, 0.5) is 0 Å². The van der Waals surface area contributed by atoms with Gasteiger partial charge in [0.2, 0.25) is 0 Å². The predicted octanol–water partition coefficient (Wildman–Crippen LogP) is 6.40. The molecule has 0 unspecified atom stereocenters. The highest BCUT2D eigenvalue weighted by molar-refractivity contribution is 9.10. The van der Waals surface area contributed by atoms with Crippen LogP contribution >= 0.6 is 39.1 Å². The van der Waals surface area contributed by atoms with Crippen molar-refractivity contribution in [3.05, 3.63) is 138 Å². The molecule has 1 aliphatic rings. The van der Waals surface area contributed by atoms with Crippen molar-refractivity contribution in [3.8, 4) is 0 Å². The van der Waals surface area contributed by atoms with Gasteiger partial charge in [-0.05, 0) is 61.2 Å². The van der Waals surface area contributed by atoms with Crippen LogP contribution in [-0.4, -0.2) is 57.2 Å². The number of carbonyl (C=O) groups is 1. The molecule has 0 radical (unpaired) electrons. The number of aliphatic hydroxyl groups is 4. The van der Waals surface area contributed by atoms with Crippen molar-refractivity contribution in [1.82, 2.24) is 0 Å². The van der Waals surface area contributed by atoms with E-state index in [1.807, 2.05) is 74.5 Å². The van der Waals surface area contributed by atoms with Gasteiger partial charge in [0.05, 0.1) is 11.6 Å². The molecule has 0 spiro atoms. The monoisotopic (exact) mass is 686 g/mol. The summed E-state index contributed by atoms with van der Waals surface area (Å²) in [7, 11) is 0. The Morgan fingerprint density at radius 3 is 2.02 bits per heavy atom. The molecule has 0 aliphatic carbocycles. The lowest BCUT2D eigenvalue weighted by atomic mass is 9.90. The van der Waals surface area contributed by atoms with Crippen LogP contribution in [0.3, 0.4) is 0 Å². The van der Waals surface area contributed by atoms with Gasteiger partial charge in [0.15, 0.2) is 5.78 Å². The van der Waals surface area contributed by atoms with Crippen LogP contribution in [0.1, 0.15) is 49.8 Å². The molecule has 5 rings (SSSR count). The topological polar surface area (TPSA) is 107 Å². The minimum Gasteiger partial charge on any atom is -0.394 e. The molecule has 4 N–H and O–H groups in total. The summed E-state index contributed by atoms with van der Waals surface area (Å²) < 4.78 is 6.47. The first-order valence-corrected chi connectivity index (χ1v) is 15.2. The molecule has 1 aliphatic heterocycles. The highest BCUT2D eigenvalue weighted by Crippen LogP contribution is 2.34. The molecule has 0 aromatic heterocycles. The standard InChI is InChI=1S/C20H23ClO5.C14H10BrClO/c1-11-2-4-12(5-3-11)8-14-9-13(6-7-15(14)21)20-19(25)18(24)17(23)16(10-22)26-20;1-9-2-4-10(5-3-9)14(17)12-8-11(15)6-7-13(12)16/h2-7,9,16-20,22-25H,8,10H2,1H3;2-8H,1H3/t16-,17-,18+,19-,20+;/m1./s1.